The minimum atomic E-state index is 0.0485. The molecule has 0 radical (unpaired) electrons. The summed E-state index contributed by atoms with van der Waals surface area (Å²) in [6, 6.07) is 0. The highest BCUT2D eigenvalue weighted by atomic mass is 32.1. The molecule has 134 valence electrons. The van der Waals surface area contributed by atoms with E-state index in [1.807, 2.05) is 10.3 Å². The first kappa shape index (κ1) is 16.7. The molecular formula is C17H24N6OS. The highest BCUT2D eigenvalue weighted by Gasteiger charge is 2.28. The van der Waals surface area contributed by atoms with Gasteiger partial charge in [0.1, 0.15) is 17.3 Å². The molecule has 0 spiro atoms. The molecule has 2 fully saturated rings. The van der Waals surface area contributed by atoms with Crippen LogP contribution >= 0.6 is 11.3 Å². The zero-order chi connectivity index (χ0) is 17.2. The van der Waals surface area contributed by atoms with Crippen LogP contribution < -0.4 is 0 Å². The molecule has 8 heteroatoms. The Balaban J connectivity index is 1.37. The van der Waals surface area contributed by atoms with Gasteiger partial charge in [-0.1, -0.05) is 0 Å². The lowest BCUT2D eigenvalue weighted by atomic mass is 9.95. The summed E-state index contributed by atoms with van der Waals surface area (Å²) in [5, 5.41) is 10.7. The normalized spacial score (nSPS) is 19.6. The van der Waals surface area contributed by atoms with E-state index in [1.54, 1.807) is 5.51 Å². The van der Waals surface area contributed by atoms with Gasteiger partial charge in [0.25, 0.3) is 5.91 Å². The van der Waals surface area contributed by atoms with Crippen LogP contribution in [0.4, 0.5) is 0 Å². The van der Waals surface area contributed by atoms with Crippen molar-refractivity contribution < 1.29 is 4.79 Å². The summed E-state index contributed by atoms with van der Waals surface area (Å²) in [4.78, 5) is 20.9. The van der Waals surface area contributed by atoms with Gasteiger partial charge in [0.05, 0.1) is 12.1 Å². The molecule has 0 unspecified atom stereocenters. The van der Waals surface area contributed by atoms with Crippen LogP contribution in [-0.2, 0) is 13.6 Å². The quantitative estimate of drug-likeness (QED) is 0.833. The summed E-state index contributed by atoms with van der Waals surface area (Å²) in [6.45, 7) is 4.74. The van der Waals surface area contributed by atoms with Crippen molar-refractivity contribution in [2.45, 2.75) is 38.1 Å². The van der Waals surface area contributed by atoms with E-state index in [4.69, 9.17) is 0 Å². The van der Waals surface area contributed by atoms with Crippen LogP contribution in [0.2, 0.25) is 0 Å². The van der Waals surface area contributed by atoms with Gasteiger partial charge >= 0.3 is 0 Å². The number of amides is 1. The van der Waals surface area contributed by atoms with E-state index in [1.165, 1.54) is 37.3 Å². The minimum absolute atomic E-state index is 0.0485. The lowest BCUT2D eigenvalue weighted by Gasteiger charge is -2.31. The van der Waals surface area contributed by atoms with Gasteiger partial charge in [-0.15, -0.1) is 21.5 Å². The Labute approximate surface area is 151 Å². The lowest BCUT2D eigenvalue weighted by molar-refractivity contribution is 0.0705. The third-order valence-electron chi connectivity index (χ3n) is 5.36. The highest BCUT2D eigenvalue weighted by molar-refractivity contribution is 7.07. The first-order chi connectivity index (χ1) is 12.2. The molecule has 2 aliphatic heterocycles. The number of carbonyl (C=O) groups excluding carboxylic acids is 1. The third-order valence-corrected chi connectivity index (χ3v) is 5.95. The second kappa shape index (κ2) is 7.21. The van der Waals surface area contributed by atoms with E-state index in [9.17, 15) is 4.79 Å². The van der Waals surface area contributed by atoms with E-state index in [0.29, 0.717) is 11.6 Å². The van der Waals surface area contributed by atoms with Crippen molar-refractivity contribution in [1.82, 2.24) is 29.5 Å². The predicted molar refractivity (Wildman–Crippen MR) is 95.5 cm³/mol. The van der Waals surface area contributed by atoms with E-state index >= 15 is 0 Å². The van der Waals surface area contributed by atoms with Crippen LogP contribution in [0.25, 0.3) is 0 Å². The van der Waals surface area contributed by atoms with Crippen molar-refractivity contribution in [1.29, 1.82) is 0 Å². The first-order valence-electron chi connectivity index (χ1n) is 9.00. The van der Waals surface area contributed by atoms with E-state index in [-0.39, 0.29) is 5.91 Å². The fraction of sp³-hybridized carbons (Fsp3) is 0.647. The number of likely N-dealkylation sites (tertiary alicyclic amines) is 2. The molecule has 2 aliphatic rings. The summed E-state index contributed by atoms with van der Waals surface area (Å²) in [5.41, 5.74) is 2.27. The van der Waals surface area contributed by atoms with E-state index in [0.717, 1.165) is 44.1 Å². The molecule has 0 aromatic carbocycles. The number of piperidine rings is 1. The minimum Gasteiger partial charge on any atom is -0.337 e. The summed E-state index contributed by atoms with van der Waals surface area (Å²) in [5.74, 6) is 2.55. The third kappa shape index (κ3) is 3.46. The van der Waals surface area contributed by atoms with Gasteiger partial charge in [-0.3, -0.25) is 9.69 Å². The molecule has 2 aromatic rings. The van der Waals surface area contributed by atoms with Crippen molar-refractivity contribution in [3.63, 3.8) is 0 Å². The Morgan fingerprint density at radius 1 is 1.20 bits per heavy atom. The highest BCUT2D eigenvalue weighted by Crippen LogP contribution is 2.28. The molecule has 2 saturated heterocycles. The molecular weight excluding hydrogens is 336 g/mol. The van der Waals surface area contributed by atoms with Crippen molar-refractivity contribution in [3.8, 4) is 0 Å². The van der Waals surface area contributed by atoms with Crippen molar-refractivity contribution in [3.05, 3.63) is 28.2 Å². The van der Waals surface area contributed by atoms with Crippen LogP contribution in [0, 0.1) is 0 Å². The number of thiazole rings is 1. The summed E-state index contributed by atoms with van der Waals surface area (Å²) in [6.07, 6.45) is 4.45. The second-order valence-electron chi connectivity index (χ2n) is 6.96. The number of carbonyl (C=O) groups is 1. The Morgan fingerprint density at radius 2 is 1.96 bits per heavy atom. The Morgan fingerprint density at radius 3 is 2.64 bits per heavy atom. The van der Waals surface area contributed by atoms with Crippen molar-refractivity contribution in [2.75, 3.05) is 26.2 Å². The first-order valence-corrected chi connectivity index (χ1v) is 9.94. The van der Waals surface area contributed by atoms with Gasteiger partial charge < -0.3 is 9.47 Å². The molecule has 2 aromatic heterocycles. The number of nitrogens with zero attached hydrogens (tertiary/aromatic N) is 6. The Hall–Kier alpha value is -1.80. The zero-order valence-electron chi connectivity index (χ0n) is 14.6. The molecule has 0 bridgehead atoms. The van der Waals surface area contributed by atoms with Crippen LogP contribution in [-0.4, -0.2) is 61.6 Å². The number of hydrogen-bond donors (Lipinski definition) is 0. The molecule has 0 atom stereocenters. The van der Waals surface area contributed by atoms with Gasteiger partial charge in [-0.2, -0.15) is 0 Å². The maximum Gasteiger partial charge on any atom is 0.273 e. The molecule has 0 aliphatic carbocycles. The monoisotopic (exact) mass is 360 g/mol. The number of rotatable bonds is 4. The van der Waals surface area contributed by atoms with E-state index in [2.05, 4.69) is 31.7 Å². The summed E-state index contributed by atoms with van der Waals surface area (Å²) < 4.78 is 2.17. The van der Waals surface area contributed by atoms with Gasteiger partial charge in [0.2, 0.25) is 0 Å². The van der Waals surface area contributed by atoms with Crippen molar-refractivity contribution >= 4 is 17.2 Å². The average Bonchev–Trinajstić information content (AvgIpc) is 3.39. The summed E-state index contributed by atoms with van der Waals surface area (Å²) in [7, 11) is 2.08. The van der Waals surface area contributed by atoms with Crippen LogP contribution in [0.5, 0.6) is 0 Å². The molecule has 0 N–H and O–H groups in total. The molecule has 4 heterocycles. The number of hydrogen-bond acceptors (Lipinski definition) is 6. The topological polar surface area (TPSA) is 67.2 Å². The fourth-order valence-corrected chi connectivity index (χ4v) is 4.36. The van der Waals surface area contributed by atoms with Crippen LogP contribution in [0.15, 0.2) is 10.9 Å². The molecule has 1 amide bonds. The standard InChI is InChI=1S/C17H24N6OS/c1-21-15(10-22-6-2-3-7-22)19-20-16(21)13-4-8-23(9-5-13)17(24)14-11-25-12-18-14/h11-13H,2-10H2,1H3. The summed E-state index contributed by atoms with van der Waals surface area (Å²) >= 11 is 1.46. The molecule has 0 saturated carbocycles. The van der Waals surface area contributed by atoms with Gasteiger partial charge in [0, 0.05) is 31.4 Å². The Kier molecular flexibility index (Phi) is 4.80. The SMILES string of the molecule is Cn1c(CN2CCCC2)nnc1C1CCN(C(=O)c2cscn2)CC1. The Bertz CT molecular complexity index is 714. The predicted octanol–water partition coefficient (Wildman–Crippen LogP) is 1.89. The van der Waals surface area contributed by atoms with E-state index < -0.39 is 0 Å². The maximum absolute atomic E-state index is 12.4. The lowest BCUT2D eigenvalue weighted by Crippen LogP contribution is -2.38. The molecule has 25 heavy (non-hydrogen) atoms. The molecule has 4 rings (SSSR count). The number of aromatic nitrogens is 4. The largest absolute Gasteiger partial charge is 0.337 e. The zero-order valence-corrected chi connectivity index (χ0v) is 15.4. The van der Waals surface area contributed by atoms with Crippen LogP contribution in [0.3, 0.4) is 0 Å². The average molecular weight is 360 g/mol. The van der Waals surface area contributed by atoms with Crippen molar-refractivity contribution in [2.24, 2.45) is 7.05 Å². The van der Waals surface area contributed by atoms with Gasteiger partial charge in [-0.05, 0) is 38.8 Å². The molecule has 7 nitrogen and oxygen atoms in total. The van der Waals surface area contributed by atoms with Crippen LogP contribution in [0.1, 0.15) is 53.7 Å². The second-order valence-corrected chi connectivity index (χ2v) is 7.68. The smallest absolute Gasteiger partial charge is 0.273 e. The van der Waals surface area contributed by atoms with Gasteiger partial charge in [0.15, 0.2) is 0 Å². The maximum atomic E-state index is 12.4. The fourth-order valence-electron chi connectivity index (χ4n) is 3.83. The van der Waals surface area contributed by atoms with Gasteiger partial charge in [-0.25, -0.2) is 4.98 Å².